The summed E-state index contributed by atoms with van der Waals surface area (Å²) < 4.78 is 23.6. The lowest BCUT2D eigenvalue weighted by Gasteiger charge is -2.30. The molecule has 0 radical (unpaired) electrons. The molecule has 0 spiro atoms. The Hall–Kier alpha value is 0.270. The Kier molecular flexibility index (Phi) is 10.9. The van der Waals surface area contributed by atoms with Gasteiger partial charge in [-0.15, -0.1) is 0 Å². The standard InChI is InChI=1S/C17H35O4P/c1-5-7-13-19-22(20-14-8-6-2)15-11-17(3,4)21-16-10-9-12-18-16/h16H,5-15H2,1-4H3. The van der Waals surface area contributed by atoms with E-state index in [1.54, 1.807) is 0 Å². The van der Waals surface area contributed by atoms with Crippen molar-refractivity contribution in [3.05, 3.63) is 0 Å². The van der Waals surface area contributed by atoms with Crippen LogP contribution in [-0.4, -0.2) is 37.9 Å². The predicted molar refractivity (Wildman–Crippen MR) is 92.3 cm³/mol. The van der Waals surface area contributed by atoms with Gasteiger partial charge in [0.15, 0.2) is 14.7 Å². The summed E-state index contributed by atoms with van der Waals surface area (Å²) in [5.41, 5.74) is -0.183. The van der Waals surface area contributed by atoms with E-state index in [2.05, 4.69) is 27.7 Å². The summed E-state index contributed by atoms with van der Waals surface area (Å²) in [6.07, 6.45) is 8.49. The number of hydrogen-bond acceptors (Lipinski definition) is 4. The van der Waals surface area contributed by atoms with Gasteiger partial charge >= 0.3 is 0 Å². The van der Waals surface area contributed by atoms with E-state index in [1.807, 2.05) is 0 Å². The summed E-state index contributed by atoms with van der Waals surface area (Å²) in [5.74, 6) is 0. The monoisotopic (exact) mass is 334 g/mol. The second kappa shape index (κ2) is 11.8. The summed E-state index contributed by atoms with van der Waals surface area (Å²) in [7, 11) is -0.787. The lowest BCUT2D eigenvalue weighted by molar-refractivity contribution is -0.178. The highest BCUT2D eigenvalue weighted by molar-refractivity contribution is 7.47. The Labute approximate surface area is 138 Å². The molecule has 0 aromatic rings. The molecule has 0 amide bonds. The van der Waals surface area contributed by atoms with Gasteiger partial charge in [-0.1, -0.05) is 26.7 Å². The molecule has 0 aromatic heterocycles. The van der Waals surface area contributed by atoms with Crippen molar-refractivity contribution in [2.45, 2.75) is 84.5 Å². The third-order valence-electron chi connectivity index (χ3n) is 3.70. The van der Waals surface area contributed by atoms with Crippen LogP contribution < -0.4 is 0 Å². The van der Waals surface area contributed by atoms with Crippen LogP contribution in [0.2, 0.25) is 0 Å². The SMILES string of the molecule is CCCCOP(CCC(C)(C)OC1CCCO1)OCCCC. The highest BCUT2D eigenvalue weighted by Gasteiger charge is 2.28. The second-order valence-electron chi connectivity index (χ2n) is 6.50. The van der Waals surface area contributed by atoms with Crippen LogP contribution in [-0.2, 0) is 18.5 Å². The van der Waals surface area contributed by atoms with Crippen LogP contribution in [0.3, 0.4) is 0 Å². The largest absolute Gasteiger partial charge is 0.353 e. The highest BCUT2D eigenvalue weighted by atomic mass is 31.2. The molecule has 1 rings (SSSR count). The predicted octanol–water partition coefficient (Wildman–Crippen LogP) is 5.25. The maximum atomic E-state index is 6.08. The number of ether oxygens (including phenoxy) is 2. The van der Waals surface area contributed by atoms with Crippen molar-refractivity contribution in [2.24, 2.45) is 0 Å². The van der Waals surface area contributed by atoms with Crippen LogP contribution in [0, 0.1) is 0 Å². The fraction of sp³-hybridized carbons (Fsp3) is 1.00. The van der Waals surface area contributed by atoms with E-state index in [-0.39, 0.29) is 11.9 Å². The Morgan fingerprint density at radius 1 is 1.09 bits per heavy atom. The van der Waals surface area contributed by atoms with Gasteiger partial charge in [-0.25, -0.2) is 0 Å². The molecule has 132 valence electrons. The van der Waals surface area contributed by atoms with Gasteiger partial charge in [0.25, 0.3) is 0 Å². The molecule has 0 aromatic carbocycles. The van der Waals surface area contributed by atoms with Gasteiger partial charge in [0.2, 0.25) is 0 Å². The molecule has 1 saturated heterocycles. The molecule has 5 heteroatoms. The summed E-state index contributed by atoms with van der Waals surface area (Å²) in [6, 6.07) is 0. The Bertz CT molecular complexity index is 257. The lowest BCUT2D eigenvalue weighted by atomic mass is 10.1. The third kappa shape index (κ3) is 9.42. The summed E-state index contributed by atoms with van der Waals surface area (Å²) in [4.78, 5) is 0. The number of rotatable bonds is 13. The first kappa shape index (κ1) is 20.3. The van der Waals surface area contributed by atoms with Crippen molar-refractivity contribution in [1.29, 1.82) is 0 Å². The van der Waals surface area contributed by atoms with E-state index in [0.29, 0.717) is 0 Å². The van der Waals surface area contributed by atoms with Gasteiger partial charge in [0.1, 0.15) is 0 Å². The Balaban J connectivity index is 2.31. The molecule has 1 heterocycles. The molecule has 0 saturated carbocycles. The van der Waals surface area contributed by atoms with Gasteiger partial charge in [0, 0.05) is 19.2 Å². The number of unbranched alkanes of at least 4 members (excludes halogenated alkanes) is 2. The van der Waals surface area contributed by atoms with Crippen molar-refractivity contribution in [1.82, 2.24) is 0 Å². The quantitative estimate of drug-likeness (QED) is 0.340. The van der Waals surface area contributed by atoms with Crippen LogP contribution in [0.5, 0.6) is 0 Å². The summed E-state index contributed by atoms with van der Waals surface area (Å²) in [5, 5.41) is 0. The molecular weight excluding hydrogens is 299 g/mol. The zero-order valence-electron chi connectivity index (χ0n) is 14.9. The Morgan fingerprint density at radius 2 is 1.73 bits per heavy atom. The van der Waals surface area contributed by atoms with E-state index < -0.39 is 8.38 Å². The van der Waals surface area contributed by atoms with E-state index in [9.17, 15) is 0 Å². The van der Waals surface area contributed by atoms with Crippen molar-refractivity contribution in [2.75, 3.05) is 26.0 Å². The topological polar surface area (TPSA) is 36.9 Å². The summed E-state index contributed by atoms with van der Waals surface area (Å²) in [6.45, 7) is 11.1. The van der Waals surface area contributed by atoms with Crippen LogP contribution in [0.1, 0.15) is 72.6 Å². The molecule has 1 aliphatic rings. The van der Waals surface area contributed by atoms with Crippen LogP contribution >= 0.6 is 8.38 Å². The smallest absolute Gasteiger partial charge is 0.170 e. The minimum Gasteiger partial charge on any atom is -0.353 e. The summed E-state index contributed by atoms with van der Waals surface area (Å²) >= 11 is 0. The molecule has 4 nitrogen and oxygen atoms in total. The van der Waals surface area contributed by atoms with Gasteiger partial charge in [-0.05, 0) is 39.5 Å². The average Bonchev–Trinajstić information content (AvgIpc) is 2.96. The first-order valence-corrected chi connectivity index (χ1v) is 10.3. The molecular formula is C17H35O4P. The minimum atomic E-state index is -0.787. The molecule has 0 aliphatic carbocycles. The van der Waals surface area contributed by atoms with E-state index in [4.69, 9.17) is 18.5 Å². The maximum Gasteiger partial charge on any atom is 0.170 e. The highest BCUT2D eigenvalue weighted by Crippen LogP contribution is 2.41. The molecule has 1 atom stereocenters. The molecule has 1 aliphatic heterocycles. The fourth-order valence-corrected chi connectivity index (χ4v) is 3.92. The van der Waals surface area contributed by atoms with Crippen molar-refractivity contribution in [3.8, 4) is 0 Å². The maximum absolute atomic E-state index is 6.08. The zero-order chi connectivity index (χ0) is 16.3. The molecule has 1 unspecified atom stereocenters. The molecule has 22 heavy (non-hydrogen) atoms. The van der Waals surface area contributed by atoms with Crippen LogP contribution in [0.25, 0.3) is 0 Å². The molecule has 0 N–H and O–H groups in total. The van der Waals surface area contributed by atoms with Crippen molar-refractivity contribution in [3.63, 3.8) is 0 Å². The second-order valence-corrected chi connectivity index (χ2v) is 8.13. The van der Waals surface area contributed by atoms with Crippen LogP contribution in [0.4, 0.5) is 0 Å². The zero-order valence-corrected chi connectivity index (χ0v) is 15.8. The first-order chi connectivity index (χ1) is 10.6. The first-order valence-electron chi connectivity index (χ1n) is 8.90. The number of hydrogen-bond donors (Lipinski definition) is 0. The van der Waals surface area contributed by atoms with E-state index in [0.717, 1.165) is 70.9 Å². The van der Waals surface area contributed by atoms with Gasteiger partial charge in [0.05, 0.1) is 18.8 Å². The molecule has 1 fully saturated rings. The fourth-order valence-electron chi connectivity index (χ4n) is 2.20. The van der Waals surface area contributed by atoms with Gasteiger partial charge in [-0.2, -0.15) is 0 Å². The minimum absolute atomic E-state index is 0.0248. The van der Waals surface area contributed by atoms with Gasteiger partial charge in [-0.3, -0.25) is 0 Å². The van der Waals surface area contributed by atoms with Crippen molar-refractivity contribution < 1.29 is 18.5 Å². The Morgan fingerprint density at radius 3 is 2.23 bits per heavy atom. The van der Waals surface area contributed by atoms with Gasteiger partial charge < -0.3 is 18.5 Å². The van der Waals surface area contributed by atoms with Crippen LogP contribution in [0.15, 0.2) is 0 Å². The van der Waals surface area contributed by atoms with E-state index in [1.165, 1.54) is 0 Å². The normalized spacial score (nSPS) is 19.2. The van der Waals surface area contributed by atoms with E-state index >= 15 is 0 Å². The molecule has 0 bridgehead atoms. The van der Waals surface area contributed by atoms with Crippen molar-refractivity contribution >= 4 is 8.38 Å². The third-order valence-corrected chi connectivity index (χ3v) is 5.23. The average molecular weight is 334 g/mol. The lowest BCUT2D eigenvalue weighted by Crippen LogP contribution is -2.31.